The fraction of sp³-hybridized carbons (Fsp3) is 0.625. The van der Waals surface area contributed by atoms with Crippen LogP contribution in [0.3, 0.4) is 0 Å². The van der Waals surface area contributed by atoms with Crippen LogP contribution in [-0.4, -0.2) is 186 Å². The number of aliphatic carboxylic acids is 1. The van der Waals surface area contributed by atoms with Crippen molar-refractivity contribution in [3.05, 3.63) is 71.5 Å². The van der Waals surface area contributed by atoms with E-state index in [0.717, 1.165) is 5.71 Å². The molecule has 0 saturated carbocycles. The van der Waals surface area contributed by atoms with Crippen molar-refractivity contribution in [1.29, 1.82) is 0 Å². The number of carboxylic acids is 1. The van der Waals surface area contributed by atoms with E-state index in [1.165, 1.54) is 30.3 Å². The van der Waals surface area contributed by atoms with Crippen molar-refractivity contribution in [2.75, 3.05) is 130 Å². The average Bonchev–Trinajstić information content (AvgIpc) is 3.68. The van der Waals surface area contributed by atoms with Gasteiger partial charge in [0.25, 0.3) is 20.2 Å². The van der Waals surface area contributed by atoms with Crippen LogP contribution in [0.4, 0.5) is 11.4 Å². The second-order valence-corrected chi connectivity index (χ2v) is 21.9. The van der Waals surface area contributed by atoms with E-state index < -0.39 is 57.8 Å². The summed E-state index contributed by atoms with van der Waals surface area (Å²) in [6.07, 6.45) is 7.60. The molecule has 0 aromatic heterocycles. The third-order valence-corrected chi connectivity index (χ3v) is 14.9. The van der Waals surface area contributed by atoms with Crippen molar-refractivity contribution in [3.63, 3.8) is 0 Å². The summed E-state index contributed by atoms with van der Waals surface area (Å²) in [4.78, 5) is 12.4. The smallest absolute Gasteiger partial charge is 0.303 e. The lowest BCUT2D eigenvalue weighted by molar-refractivity contribution is -0.438. The van der Waals surface area contributed by atoms with Gasteiger partial charge in [0.2, 0.25) is 5.69 Å². The molecule has 406 valence electrons. The van der Waals surface area contributed by atoms with Gasteiger partial charge in [0.15, 0.2) is 5.71 Å². The molecule has 3 N–H and O–H groups in total. The number of nitrogens with zero attached hydrogens (tertiary/aromatic N) is 2. The zero-order chi connectivity index (χ0) is 52.8. The number of fused-ring (bicyclic) bond motifs is 2. The highest BCUT2D eigenvalue weighted by Gasteiger charge is 2.48. The number of anilines is 1. The molecule has 0 spiro atoms. The zero-order valence-electron chi connectivity index (χ0n) is 41.7. The molecule has 0 fully saturated rings. The molecule has 24 heteroatoms. The van der Waals surface area contributed by atoms with Gasteiger partial charge in [-0.2, -0.15) is 21.4 Å². The number of methoxy groups -OCH3 is 2. The van der Waals surface area contributed by atoms with Gasteiger partial charge in [0.1, 0.15) is 16.7 Å². The lowest BCUT2D eigenvalue weighted by Gasteiger charge is -2.30. The van der Waals surface area contributed by atoms with Gasteiger partial charge in [-0.25, -0.2) is 8.42 Å². The minimum Gasteiger partial charge on any atom is -0.744 e. The maximum absolute atomic E-state index is 12.6. The number of allylic oxidation sites excluding steroid dienone is 4. The predicted octanol–water partition coefficient (Wildman–Crippen LogP) is 4.51. The fourth-order valence-corrected chi connectivity index (χ4v) is 10.2. The van der Waals surface area contributed by atoms with Crippen LogP contribution in [0.1, 0.15) is 69.9 Å². The molecule has 0 amide bonds. The average molecular weight is 1080 g/mol. The first kappa shape index (κ1) is 60.8. The van der Waals surface area contributed by atoms with Gasteiger partial charge in [0, 0.05) is 81.3 Å². The van der Waals surface area contributed by atoms with Crippen LogP contribution in [-0.2, 0) is 83.9 Å². The topological polar surface area (TPSA) is 283 Å². The number of hydrogen-bond donors (Lipinski definition) is 3. The molecule has 2 heterocycles. The van der Waals surface area contributed by atoms with Crippen molar-refractivity contribution in [2.24, 2.45) is 0 Å². The molecule has 2 aliphatic heterocycles. The van der Waals surface area contributed by atoms with Crippen LogP contribution in [0, 0.1) is 0 Å². The summed E-state index contributed by atoms with van der Waals surface area (Å²) in [5.41, 5.74) is 1.59. The Labute approximate surface area is 424 Å². The van der Waals surface area contributed by atoms with Crippen molar-refractivity contribution < 1.29 is 91.3 Å². The Bertz CT molecular complexity index is 2500. The van der Waals surface area contributed by atoms with E-state index >= 15 is 0 Å². The number of hydrogen-bond acceptors (Lipinski definition) is 17. The summed E-state index contributed by atoms with van der Waals surface area (Å²) in [6.45, 7) is 8.90. The Morgan fingerprint density at radius 2 is 1.18 bits per heavy atom. The minimum absolute atomic E-state index is 0.00790. The minimum atomic E-state index is -4.91. The summed E-state index contributed by atoms with van der Waals surface area (Å²) in [5, 5.41) is 9.29. The molecule has 0 saturated heterocycles. The molecular formula is C48H72N2O19S3. The number of benzene rings is 2. The Morgan fingerprint density at radius 3 is 1.69 bits per heavy atom. The molecular weight excluding hydrogens is 1000 g/mol. The maximum Gasteiger partial charge on any atom is 0.303 e. The zero-order valence-corrected chi connectivity index (χ0v) is 44.1. The lowest BCUT2D eigenvalue weighted by Crippen LogP contribution is -2.33. The number of carbonyl (C=O) groups is 1. The first-order valence-electron chi connectivity index (χ1n) is 23.8. The van der Waals surface area contributed by atoms with Gasteiger partial charge in [-0.05, 0) is 87.9 Å². The van der Waals surface area contributed by atoms with Gasteiger partial charge in [-0.1, -0.05) is 6.08 Å². The summed E-state index contributed by atoms with van der Waals surface area (Å²) in [7, 11) is -10.7. The Balaban J connectivity index is 1.76. The molecule has 0 radical (unpaired) electrons. The molecule has 4 rings (SSSR count). The van der Waals surface area contributed by atoms with Gasteiger partial charge < -0.3 is 52.5 Å². The molecule has 2 atom stereocenters. The second kappa shape index (κ2) is 29.4. The van der Waals surface area contributed by atoms with Crippen molar-refractivity contribution in [3.8, 4) is 0 Å². The first-order chi connectivity index (χ1) is 34.2. The highest BCUT2D eigenvalue weighted by Crippen LogP contribution is 2.51. The summed E-state index contributed by atoms with van der Waals surface area (Å²) in [6, 6.07) is 8.41. The highest BCUT2D eigenvalue weighted by atomic mass is 32.2. The van der Waals surface area contributed by atoms with Crippen molar-refractivity contribution >= 4 is 53.4 Å². The van der Waals surface area contributed by atoms with E-state index in [0.29, 0.717) is 113 Å². The van der Waals surface area contributed by atoms with Crippen LogP contribution in [0.25, 0.3) is 0 Å². The molecule has 0 bridgehead atoms. The molecule has 0 aliphatic carbocycles. The monoisotopic (exact) mass is 1080 g/mol. The normalized spacial score (nSPS) is 18.8. The number of unbranched alkanes of at least 4 members (excludes halogenated alkanes) is 2. The second-order valence-electron chi connectivity index (χ2n) is 17.6. The number of carboxylic acid groups (broad SMARTS) is 1. The maximum atomic E-state index is 12.6. The van der Waals surface area contributed by atoms with E-state index in [9.17, 15) is 48.8 Å². The first-order valence-corrected chi connectivity index (χ1v) is 28.3. The molecule has 2 aromatic carbocycles. The van der Waals surface area contributed by atoms with Crippen LogP contribution >= 0.6 is 0 Å². The Kier molecular flexibility index (Phi) is 24.8. The van der Waals surface area contributed by atoms with Gasteiger partial charge in [0.05, 0.1) is 100 Å². The Hall–Kier alpha value is -3.73. The van der Waals surface area contributed by atoms with E-state index in [1.807, 2.05) is 35.5 Å². The summed E-state index contributed by atoms with van der Waals surface area (Å²) >= 11 is 0. The SMILES string of the molecule is COCCOCCOCCOCCC1(C)C(/C=C/C=C2/N(CCCS(=O)(=O)O)c3ccc(S(=O)(=O)[O-])cc3C2(C)CCOCCOCCOCCOC)=[N+](CCCCCC(=O)O)c2ccc(S(=O)(=O)O)cc21. The number of rotatable bonds is 38. The summed E-state index contributed by atoms with van der Waals surface area (Å²) in [5.74, 6) is -1.48. The lowest BCUT2D eigenvalue weighted by atomic mass is 9.76. The Morgan fingerprint density at radius 1 is 0.667 bits per heavy atom. The molecule has 2 unspecified atom stereocenters. The van der Waals surface area contributed by atoms with E-state index in [2.05, 4.69) is 0 Å². The van der Waals surface area contributed by atoms with Gasteiger partial charge in [-0.3, -0.25) is 13.9 Å². The van der Waals surface area contributed by atoms with Crippen LogP contribution in [0.15, 0.2) is 70.1 Å². The summed E-state index contributed by atoms with van der Waals surface area (Å²) < 4.78 is 152. The van der Waals surface area contributed by atoms with Crippen LogP contribution in [0.2, 0.25) is 0 Å². The third kappa shape index (κ3) is 18.6. The van der Waals surface area contributed by atoms with E-state index in [4.69, 9.17) is 37.9 Å². The van der Waals surface area contributed by atoms with Crippen LogP contribution < -0.4 is 4.90 Å². The standard InChI is InChI=1S/C48H72N2O19S3/c1-47(17-21-64-27-29-68-33-31-66-25-23-62-3)40-36-38(71(56,57)58)13-15-42(40)49(19-7-5-6-12-46(51)52)44(47)10-8-11-45-48(2,18-22-65-28-30-69-34-32-67-26-24-63-4)41-37-39(72(59,60)61)14-16-43(41)50(45)20-9-35-70(53,54)55/h8,10-11,13-16,36-37H,5-7,9,12,17-35H2,1-4H3,(H3-,51,52,53,54,55,56,57,58,59,60,61). The molecule has 72 heavy (non-hydrogen) atoms. The number of ether oxygens (including phenoxy) is 8. The van der Waals surface area contributed by atoms with E-state index in [1.54, 1.807) is 26.4 Å². The fourth-order valence-electron chi connectivity index (χ4n) is 8.67. The molecule has 21 nitrogen and oxygen atoms in total. The quantitative estimate of drug-likeness (QED) is 0.0474. The van der Waals surface area contributed by atoms with E-state index in [-0.39, 0.29) is 70.3 Å². The molecule has 2 aromatic rings. The van der Waals surface area contributed by atoms with Crippen molar-refractivity contribution in [2.45, 2.75) is 79.4 Å². The van der Waals surface area contributed by atoms with Crippen molar-refractivity contribution in [1.82, 2.24) is 0 Å². The van der Waals surface area contributed by atoms with Crippen LogP contribution in [0.5, 0.6) is 0 Å². The predicted molar refractivity (Wildman–Crippen MR) is 265 cm³/mol. The third-order valence-electron chi connectivity index (χ3n) is 12.4. The molecule has 2 aliphatic rings. The highest BCUT2D eigenvalue weighted by molar-refractivity contribution is 7.86. The van der Waals surface area contributed by atoms with Gasteiger partial charge >= 0.3 is 5.97 Å². The largest absolute Gasteiger partial charge is 0.744 e. The van der Waals surface area contributed by atoms with Gasteiger partial charge in [-0.15, -0.1) is 0 Å².